The maximum atomic E-state index is 12.2. The van der Waals surface area contributed by atoms with Gasteiger partial charge in [-0.05, 0) is 29.7 Å². The summed E-state index contributed by atoms with van der Waals surface area (Å²) in [7, 11) is 0. The summed E-state index contributed by atoms with van der Waals surface area (Å²) in [4.78, 5) is 0. The van der Waals surface area contributed by atoms with Crippen molar-refractivity contribution in [3.8, 4) is 0 Å². The molecule has 1 aromatic rings. The van der Waals surface area contributed by atoms with Crippen LogP contribution in [0.5, 0.6) is 0 Å². The van der Waals surface area contributed by atoms with Crippen molar-refractivity contribution in [2.45, 2.75) is 6.42 Å². The Balaban J connectivity index is 2.74. The van der Waals surface area contributed by atoms with E-state index in [-0.39, 0.29) is 6.54 Å². The Hall–Kier alpha value is -0.670. The summed E-state index contributed by atoms with van der Waals surface area (Å²) in [6.07, 6.45) is 1.16. The molecule has 3 heteroatoms. The average molecular weight is 244 g/mol. The lowest BCUT2D eigenvalue weighted by atomic mass is 10.1. The molecule has 1 nitrogen and oxygen atoms in total. The quantitative estimate of drug-likeness (QED) is 0.869. The Morgan fingerprint density at radius 2 is 2.31 bits per heavy atom. The molecule has 0 atom stereocenters. The van der Waals surface area contributed by atoms with Gasteiger partial charge in [0.25, 0.3) is 0 Å². The van der Waals surface area contributed by atoms with Gasteiger partial charge in [-0.3, -0.25) is 0 Å². The topological polar surface area (TPSA) is 26.0 Å². The van der Waals surface area contributed by atoms with Gasteiger partial charge in [-0.2, -0.15) is 0 Å². The number of hydrogen-bond acceptors (Lipinski definition) is 1. The Morgan fingerprint density at radius 3 is 2.85 bits per heavy atom. The minimum atomic E-state index is 0.267. The molecule has 0 radical (unpaired) electrons. The minimum Gasteiger partial charge on any atom is -0.327 e. The van der Waals surface area contributed by atoms with Crippen LogP contribution in [-0.4, -0.2) is 6.54 Å². The lowest BCUT2D eigenvalue weighted by Crippen LogP contribution is -2.05. The van der Waals surface area contributed by atoms with Crippen molar-refractivity contribution in [3.05, 3.63) is 46.2 Å². The first kappa shape index (κ1) is 10.4. The second kappa shape index (κ2) is 5.14. The number of hydrogen-bond donors (Lipinski definition) is 1. The molecule has 0 fully saturated rings. The molecule has 0 spiro atoms. The third-order valence-corrected chi connectivity index (χ3v) is 2.23. The zero-order valence-corrected chi connectivity index (χ0v) is 8.72. The molecule has 0 aliphatic carbocycles. The molecule has 0 aromatic heterocycles. The zero-order chi connectivity index (χ0) is 9.68. The molecular formula is C10H11BrFN. The van der Waals surface area contributed by atoms with Crippen LogP contribution < -0.4 is 5.73 Å². The zero-order valence-electron chi connectivity index (χ0n) is 7.13. The molecule has 0 saturated carbocycles. The Bertz CT molecular complexity index is 310. The molecule has 13 heavy (non-hydrogen) atoms. The fourth-order valence-corrected chi connectivity index (χ4v) is 1.51. The van der Waals surface area contributed by atoms with Gasteiger partial charge < -0.3 is 5.73 Å². The molecule has 0 bridgehead atoms. The molecule has 0 aliphatic rings. The Morgan fingerprint density at radius 1 is 1.54 bits per heavy atom. The van der Waals surface area contributed by atoms with Crippen LogP contribution in [0.15, 0.2) is 40.6 Å². The molecule has 0 heterocycles. The lowest BCUT2D eigenvalue weighted by Gasteiger charge is -2.02. The second-order valence-corrected chi connectivity index (χ2v) is 3.69. The van der Waals surface area contributed by atoms with E-state index in [0.29, 0.717) is 18.3 Å². The molecule has 1 rings (SSSR count). The first-order valence-corrected chi connectivity index (χ1v) is 4.78. The standard InChI is InChI=1S/C10H11BrFN/c11-10-3-1-2-8(5-10)4-9(6-12)7-13/h1-3,5-6H,4,7,13H2/b9-6+. The summed E-state index contributed by atoms with van der Waals surface area (Å²) < 4.78 is 13.2. The van der Waals surface area contributed by atoms with Crippen molar-refractivity contribution in [3.63, 3.8) is 0 Å². The van der Waals surface area contributed by atoms with E-state index in [2.05, 4.69) is 15.9 Å². The average Bonchev–Trinajstić information content (AvgIpc) is 2.14. The van der Waals surface area contributed by atoms with E-state index in [1.54, 1.807) is 0 Å². The minimum absolute atomic E-state index is 0.267. The third-order valence-electron chi connectivity index (χ3n) is 1.74. The van der Waals surface area contributed by atoms with Gasteiger partial charge in [0.15, 0.2) is 0 Å². The van der Waals surface area contributed by atoms with E-state index in [4.69, 9.17) is 5.73 Å². The molecule has 0 saturated heterocycles. The van der Waals surface area contributed by atoms with Gasteiger partial charge in [-0.15, -0.1) is 0 Å². The van der Waals surface area contributed by atoms with E-state index in [9.17, 15) is 4.39 Å². The monoisotopic (exact) mass is 243 g/mol. The highest BCUT2D eigenvalue weighted by Gasteiger charge is 1.98. The fraction of sp³-hybridized carbons (Fsp3) is 0.200. The van der Waals surface area contributed by atoms with Crippen molar-refractivity contribution in [2.24, 2.45) is 5.73 Å². The van der Waals surface area contributed by atoms with Crippen LogP contribution in [-0.2, 0) is 6.42 Å². The van der Waals surface area contributed by atoms with E-state index in [1.807, 2.05) is 24.3 Å². The smallest absolute Gasteiger partial charge is 0.0875 e. The van der Waals surface area contributed by atoms with E-state index < -0.39 is 0 Å². The number of nitrogens with two attached hydrogens (primary N) is 1. The van der Waals surface area contributed by atoms with Gasteiger partial charge in [0.1, 0.15) is 0 Å². The predicted molar refractivity (Wildman–Crippen MR) is 56.1 cm³/mol. The maximum absolute atomic E-state index is 12.2. The van der Waals surface area contributed by atoms with Crippen LogP contribution >= 0.6 is 15.9 Å². The normalized spacial score (nSPS) is 11.8. The van der Waals surface area contributed by atoms with Gasteiger partial charge in [0.05, 0.1) is 6.33 Å². The van der Waals surface area contributed by atoms with Crippen LogP contribution in [0.1, 0.15) is 5.56 Å². The third kappa shape index (κ3) is 3.28. The Kier molecular flexibility index (Phi) is 4.12. The van der Waals surface area contributed by atoms with Crippen LogP contribution in [0.3, 0.4) is 0 Å². The second-order valence-electron chi connectivity index (χ2n) is 2.78. The summed E-state index contributed by atoms with van der Waals surface area (Å²) in [5, 5.41) is 0. The van der Waals surface area contributed by atoms with Crippen LogP contribution in [0.25, 0.3) is 0 Å². The predicted octanol–water partition coefficient (Wildman–Crippen LogP) is 2.80. The summed E-state index contributed by atoms with van der Waals surface area (Å²) in [5.74, 6) is 0. The first-order valence-electron chi connectivity index (χ1n) is 3.99. The molecule has 70 valence electrons. The largest absolute Gasteiger partial charge is 0.327 e. The van der Waals surface area contributed by atoms with Gasteiger partial charge in [-0.25, -0.2) is 4.39 Å². The summed E-state index contributed by atoms with van der Waals surface area (Å²) in [6.45, 7) is 0.267. The fourth-order valence-electron chi connectivity index (χ4n) is 1.06. The molecule has 2 N–H and O–H groups in total. The van der Waals surface area contributed by atoms with Gasteiger partial charge in [0.2, 0.25) is 0 Å². The highest BCUT2D eigenvalue weighted by molar-refractivity contribution is 9.10. The first-order chi connectivity index (χ1) is 6.26. The number of rotatable bonds is 3. The van der Waals surface area contributed by atoms with Crippen molar-refractivity contribution in [1.29, 1.82) is 0 Å². The van der Waals surface area contributed by atoms with Crippen LogP contribution in [0, 0.1) is 0 Å². The molecular weight excluding hydrogens is 233 g/mol. The molecule has 0 amide bonds. The summed E-state index contributed by atoms with van der Waals surface area (Å²) in [5.41, 5.74) is 7.02. The van der Waals surface area contributed by atoms with Crippen molar-refractivity contribution in [1.82, 2.24) is 0 Å². The van der Waals surface area contributed by atoms with Crippen molar-refractivity contribution < 1.29 is 4.39 Å². The van der Waals surface area contributed by atoms with Crippen molar-refractivity contribution in [2.75, 3.05) is 6.54 Å². The van der Waals surface area contributed by atoms with E-state index >= 15 is 0 Å². The van der Waals surface area contributed by atoms with E-state index in [0.717, 1.165) is 10.0 Å². The van der Waals surface area contributed by atoms with Gasteiger partial charge >= 0.3 is 0 Å². The summed E-state index contributed by atoms with van der Waals surface area (Å²) >= 11 is 3.35. The molecule has 0 aliphatic heterocycles. The molecule has 1 aromatic carbocycles. The maximum Gasteiger partial charge on any atom is 0.0875 e. The lowest BCUT2D eigenvalue weighted by molar-refractivity contribution is 0.699. The highest BCUT2D eigenvalue weighted by atomic mass is 79.9. The van der Waals surface area contributed by atoms with Gasteiger partial charge in [-0.1, -0.05) is 28.1 Å². The SMILES string of the molecule is NC/C(=C/F)Cc1cccc(Br)c1. The Labute approximate surface area is 85.6 Å². The van der Waals surface area contributed by atoms with Crippen LogP contribution in [0.4, 0.5) is 4.39 Å². The highest BCUT2D eigenvalue weighted by Crippen LogP contribution is 2.14. The number of benzene rings is 1. The van der Waals surface area contributed by atoms with E-state index in [1.165, 1.54) is 0 Å². The van der Waals surface area contributed by atoms with Crippen molar-refractivity contribution >= 4 is 15.9 Å². The van der Waals surface area contributed by atoms with Crippen LogP contribution in [0.2, 0.25) is 0 Å². The summed E-state index contributed by atoms with van der Waals surface area (Å²) in [6, 6.07) is 7.76. The molecule has 0 unspecified atom stereocenters. The van der Waals surface area contributed by atoms with Gasteiger partial charge in [0, 0.05) is 11.0 Å². The number of halogens is 2.